The second-order valence-electron chi connectivity index (χ2n) is 12.4. The molecule has 0 unspecified atom stereocenters. The number of nitrogens with one attached hydrogen (secondary N) is 1. The van der Waals surface area contributed by atoms with E-state index < -0.39 is 0 Å². The van der Waals surface area contributed by atoms with Crippen molar-refractivity contribution in [1.82, 2.24) is 10.2 Å². The van der Waals surface area contributed by atoms with Gasteiger partial charge in [0, 0.05) is 32.0 Å². The van der Waals surface area contributed by atoms with Crippen LogP contribution in [0, 0.1) is 34.5 Å². The van der Waals surface area contributed by atoms with Crippen LogP contribution in [0.15, 0.2) is 16.8 Å². The Morgan fingerprint density at radius 1 is 1.15 bits per heavy atom. The number of carbonyl (C=O) groups is 2. The Morgan fingerprint density at radius 2 is 1.97 bits per heavy atom. The number of fused-ring (bicyclic) bond motifs is 5. The molecular weight excluding hydrogens is 426 g/mol. The molecule has 7 atom stereocenters. The fraction of sp³-hybridized carbons (Fsp3) is 0.821. The minimum Gasteiger partial charge on any atom is -0.312 e. The van der Waals surface area contributed by atoms with Gasteiger partial charge >= 0.3 is 6.09 Å². The highest BCUT2D eigenvalue weighted by atomic mass is 16.7. The highest BCUT2D eigenvalue weighted by Crippen LogP contribution is 2.66. The van der Waals surface area contributed by atoms with E-state index in [1.807, 2.05) is 6.08 Å². The van der Waals surface area contributed by atoms with Gasteiger partial charge in [0.2, 0.25) is 0 Å². The SMILES string of the molecule is C/C(=N\OC(=O)N(C)C[C@@H]1CCCN1)[C@H]1CC[C@H]2[C@@H]3CCC4=CC(=O)CC[C@]4(C)[C@H]3CC[C@]12C. The summed E-state index contributed by atoms with van der Waals surface area (Å²) in [6.45, 7) is 8.68. The summed E-state index contributed by atoms with van der Waals surface area (Å²) in [5.74, 6) is 2.85. The van der Waals surface area contributed by atoms with E-state index in [9.17, 15) is 9.59 Å². The van der Waals surface area contributed by atoms with Gasteiger partial charge in [-0.05, 0) is 106 Å². The van der Waals surface area contributed by atoms with Gasteiger partial charge in [0.1, 0.15) is 0 Å². The molecule has 6 heteroatoms. The molecule has 1 amide bonds. The number of hydrogen-bond donors (Lipinski definition) is 1. The zero-order chi connectivity index (χ0) is 24.1. The number of hydrogen-bond acceptors (Lipinski definition) is 5. The van der Waals surface area contributed by atoms with Crippen LogP contribution in [0.4, 0.5) is 4.79 Å². The summed E-state index contributed by atoms with van der Waals surface area (Å²) < 4.78 is 0. The summed E-state index contributed by atoms with van der Waals surface area (Å²) in [5.41, 5.74) is 2.86. The molecule has 1 heterocycles. The minimum atomic E-state index is -0.358. The van der Waals surface area contributed by atoms with Gasteiger partial charge in [0.15, 0.2) is 5.78 Å². The van der Waals surface area contributed by atoms with Crippen molar-refractivity contribution < 1.29 is 14.4 Å². The van der Waals surface area contributed by atoms with Gasteiger partial charge < -0.3 is 10.2 Å². The molecule has 4 aliphatic carbocycles. The van der Waals surface area contributed by atoms with E-state index in [1.165, 1.54) is 37.7 Å². The van der Waals surface area contributed by atoms with Crippen molar-refractivity contribution in [3.05, 3.63) is 11.6 Å². The minimum absolute atomic E-state index is 0.216. The number of nitrogens with zero attached hydrogens (tertiary/aromatic N) is 2. The zero-order valence-electron chi connectivity index (χ0n) is 21.6. The summed E-state index contributed by atoms with van der Waals surface area (Å²) >= 11 is 0. The molecule has 34 heavy (non-hydrogen) atoms. The fourth-order valence-electron chi connectivity index (χ4n) is 8.81. The maximum atomic E-state index is 12.5. The average Bonchev–Trinajstić information content (AvgIpc) is 3.44. The van der Waals surface area contributed by atoms with Gasteiger partial charge in [-0.1, -0.05) is 24.6 Å². The molecule has 0 radical (unpaired) electrons. The van der Waals surface area contributed by atoms with Crippen molar-refractivity contribution in [3.63, 3.8) is 0 Å². The Hall–Kier alpha value is -1.69. The number of likely N-dealkylation sites (N-methyl/N-ethyl adjacent to an activating group) is 1. The topological polar surface area (TPSA) is 71.0 Å². The molecule has 0 spiro atoms. The molecule has 0 aromatic rings. The van der Waals surface area contributed by atoms with Crippen molar-refractivity contribution in [2.24, 2.45) is 39.7 Å². The maximum absolute atomic E-state index is 12.5. The van der Waals surface area contributed by atoms with Crippen molar-refractivity contribution in [1.29, 1.82) is 0 Å². The summed E-state index contributed by atoms with van der Waals surface area (Å²) in [7, 11) is 1.80. The van der Waals surface area contributed by atoms with Crippen LogP contribution in [0.1, 0.15) is 85.0 Å². The molecule has 6 nitrogen and oxygen atoms in total. The molecule has 1 N–H and O–H groups in total. The molecule has 0 aromatic heterocycles. The quantitative estimate of drug-likeness (QED) is 0.343. The summed E-state index contributed by atoms with van der Waals surface area (Å²) in [4.78, 5) is 31.7. The van der Waals surface area contributed by atoms with Crippen LogP contribution < -0.4 is 5.32 Å². The first-order chi connectivity index (χ1) is 16.2. The van der Waals surface area contributed by atoms with Gasteiger partial charge in [0.05, 0.1) is 5.71 Å². The van der Waals surface area contributed by atoms with E-state index in [2.05, 4.69) is 31.2 Å². The van der Waals surface area contributed by atoms with E-state index in [1.54, 1.807) is 11.9 Å². The predicted molar refractivity (Wildman–Crippen MR) is 133 cm³/mol. The number of allylic oxidation sites excluding steroid dienone is 1. The Morgan fingerprint density at radius 3 is 2.74 bits per heavy atom. The third kappa shape index (κ3) is 4.04. The standard InChI is InChI=1S/C28H43N3O3/c1-18(30-34-26(33)31(4)17-20-6-5-15-29-20)23-9-10-24-22-8-7-19-16-21(32)11-13-27(19,2)25(22)12-14-28(23,24)3/h16,20,22-25,29H,5-15,17H2,1-4H3/b30-18+/t20-,22-,23+,24-,25-,27-,28+/m0/s1. The summed E-state index contributed by atoms with van der Waals surface area (Å²) in [6.07, 6.45) is 12.8. The molecule has 5 aliphatic rings. The lowest BCUT2D eigenvalue weighted by atomic mass is 9.46. The molecule has 0 bridgehead atoms. The van der Waals surface area contributed by atoms with Gasteiger partial charge in [0.25, 0.3) is 0 Å². The van der Waals surface area contributed by atoms with Gasteiger partial charge in [-0.15, -0.1) is 0 Å². The average molecular weight is 470 g/mol. The van der Waals surface area contributed by atoms with Crippen molar-refractivity contribution in [2.45, 2.75) is 91.0 Å². The van der Waals surface area contributed by atoms with Crippen LogP contribution in [-0.2, 0) is 9.63 Å². The third-order valence-electron chi connectivity index (χ3n) is 10.7. The first kappa shape index (κ1) is 24.0. The van der Waals surface area contributed by atoms with Crippen molar-refractivity contribution >= 4 is 17.6 Å². The highest BCUT2D eigenvalue weighted by molar-refractivity contribution is 5.91. The van der Waals surface area contributed by atoms with E-state index in [4.69, 9.17) is 4.84 Å². The predicted octanol–water partition coefficient (Wildman–Crippen LogP) is 5.33. The largest absolute Gasteiger partial charge is 0.435 e. The van der Waals surface area contributed by atoms with Crippen molar-refractivity contribution in [2.75, 3.05) is 20.1 Å². The van der Waals surface area contributed by atoms with Crippen LogP contribution in [0.25, 0.3) is 0 Å². The summed E-state index contributed by atoms with van der Waals surface area (Å²) in [5, 5.41) is 7.82. The molecule has 4 fully saturated rings. The van der Waals surface area contributed by atoms with E-state index in [-0.39, 0.29) is 16.9 Å². The molecule has 3 saturated carbocycles. The molecule has 1 saturated heterocycles. The summed E-state index contributed by atoms with van der Waals surface area (Å²) in [6, 6.07) is 0.363. The maximum Gasteiger partial charge on any atom is 0.435 e. The van der Waals surface area contributed by atoms with Crippen LogP contribution in [-0.4, -0.2) is 48.7 Å². The normalized spacial score (nSPS) is 41.9. The molecule has 188 valence electrons. The van der Waals surface area contributed by atoms with Gasteiger partial charge in [-0.25, -0.2) is 4.79 Å². The lowest BCUT2D eigenvalue weighted by Gasteiger charge is -2.58. The Bertz CT molecular complexity index is 891. The van der Waals surface area contributed by atoms with Crippen molar-refractivity contribution in [3.8, 4) is 0 Å². The molecule has 1 aliphatic heterocycles. The van der Waals surface area contributed by atoms with E-state index >= 15 is 0 Å². The third-order valence-corrected chi connectivity index (χ3v) is 10.7. The molecular formula is C28H43N3O3. The smallest absolute Gasteiger partial charge is 0.312 e. The Labute approximate surface area is 204 Å². The van der Waals surface area contributed by atoms with Crippen LogP contribution in [0.3, 0.4) is 0 Å². The first-order valence-corrected chi connectivity index (χ1v) is 13.7. The van der Waals surface area contributed by atoms with E-state index in [0.717, 1.165) is 50.3 Å². The van der Waals surface area contributed by atoms with Crippen LogP contribution in [0.2, 0.25) is 0 Å². The zero-order valence-corrected chi connectivity index (χ0v) is 21.6. The number of rotatable bonds is 4. The monoisotopic (exact) mass is 469 g/mol. The number of carbonyl (C=O) groups excluding carboxylic acids is 2. The lowest BCUT2D eigenvalue weighted by Crippen LogP contribution is -2.51. The second-order valence-corrected chi connectivity index (χ2v) is 12.4. The number of ketones is 1. The second kappa shape index (κ2) is 9.07. The van der Waals surface area contributed by atoms with Gasteiger partial charge in [-0.3, -0.25) is 9.63 Å². The number of oxime groups is 1. The molecule has 0 aromatic carbocycles. The lowest BCUT2D eigenvalue weighted by molar-refractivity contribution is -0.117. The van der Waals surface area contributed by atoms with Gasteiger partial charge in [-0.2, -0.15) is 0 Å². The highest BCUT2D eigenvalue weighted by Gasteiger charge is 2.59. The fourth-order valence-corrected chi connectivity index (χ4v) is 8.81. The first-order valence-electron chi connectivity index (χ1n) is 13.7. The molecule has 5 rings (SSSR count). The Kier molecular flexibility index (Phi) is 6.41. The van der Waals surface area contributed by atoms with Crippen LogP contribution >= 0.6 is 0 Å². The van der Waals surface area contributed by atoms with E-state index in [0.29, 0.717) is 36.1 Å². The number of amides is 1. The van der Waals surface area contributed by atoms with Crippen LogP contribution in [0.5, 0.6) is 0 Å². The Balaban J connectivity index is 1.25.